The van der Waals surface area contributed by atoms with Crippen molar-refractivity contribution in [2.45, 2.75) is 24.3 Å². The molecular weight excluding hydrogens is 391 g/mol. The van der Waals surface area contributed by atoms with Gasteiger partial charge in [0.25, 0.3) is 0 Å². The highest BCUT2D eigenvalue weighted by Gasteiger charge is 2.20. The van der Waals surface area contributed by atoms with Crippen molar-refractivity contribution in [2.24, 2.45) is 0 Å². The summed E-state index contributed by atoms with van der Waals surface area (Å²) in [6.07, 6.45) is 1.64. The highest BCUT2D eigenvalue weighted by molar-refractivity contribution is 8.00. The van der Waals surface area contributed by atoms with Crippen molar-refractivity contribution in [2.75, 3.05) is 5.32 Å². The largest absolute Gasteiger partial charge is 0.323 e. The van der Waals surface area contributed by atoms with Crippen LogP contribution >= 0.6 is 35.0 Å². The summed E-state index contributed by atoms with van der Waals surface area (Å²) in [6.45, 7) is 3.81. The molecule has 134 valence electrons. The number of carbonyl (C=O) groups excluding carboxylic acids is 1. The number of hydrogen-bond donors (Lipinski definition) is 1. The predicted molar refractivity (Wildman–Crippen MR) is 107 cm³/mol. The van der Waals surface area contributed by atoms with Gasteiger partial charge in [-0.2, -0.15) is 0 Å². The molecule has 2 aromatic carbocycles. The fraction of sp³-hybridized carbons (Fsp3) is 0.167. The maximum absolute atomic E-state index is 12.6. The fourth-order valence-corrected chi connectivity index (χ4v) is 3.68. The van der Waals surface area contributed by atoms with Gasteiger partial charge in [0.15, 0.2) is 5.16 Å². The van der Waals surface area contributed by atoms with Crippen LogP contribution < -0.4 is 5.32 Å². The molecule has 1 unspecified atom stereocenters. The second-order valence-electron chi connectivity index (χ2n) is 5.62. The van der Waals surface area contributed by atoms with Crippen LogP contribution in [0.1, 0.15) is 12.5 Å². The second-order valence-corrected chi connectivity index (χ2v) is 7.74. The topological polar surface area (TPSA) is 59.8 Å². The summed E-state index contributed by atoms with van der Waals surface area (Å²) in [5, 5.41) is 11.9. The Morgan fingerprint density at radius 3 is 2.54 bits per heavy atom. The molecular formula is C18H16Cl2N4OS. The number of thioether (sulfide) groups is 1. The average Bonchev–Trinajstić information content (AvgIpc) is 3.06. The number of aryl methyl sites for hydroxylation is 1. The van der Waals surface area contributed by atoms with Crippen molar-refractivity contribution in [3.05, 3.63) is 64.4 Å². The number of nitrogens with zero attached hydrogens (tertiary/aromatic N) is 3. The molecule has 0 fully saturated rings. The Hall–Kier alpha value is -2.02. The van der Waals surface area contributed by atoms with E-state index in [1.165, 1.54) is 11.8 Å². The summed E-state index contributed by atoms with van der Waals surface area (Å²) in [7, 11) is 0. The van der Waals surface area contributed by atoms with Crippen LogP contribution in [-0.2, 0) is 4.79 Å². The van der Waals surface area contributed by atoms with Crippen molar-refractivity contribution in [1.82, 2.24) is 14.8 Å². The Morgan fingerprint density at radius 1 is 1.15 bits per heavy atom. The van der Waals surface area contributed by atoms with Crippen LogP contribution in [0.2, 0.25) is 10.0 Å². The minimum absolute atomic E-state index is 0.218. The van der Waals surface area contributed by atoms with Gasteiger partial charge < -0.3 is 5.32 Å². The third-order valence-electron chi connectivity index (χ3n) is 3.75. The number of amides is 1. The Kier molecular flexibility index (Phi) is 5.86. The SMILES string of the molecule is Cc1ccccc1-n1cnnc1SC(C)C(=O)Nc1c(Cl)cccc1Cl. The molecule has 1 aromatic heterocycles. The van der Waals surface area contributed by atoms with Crippen LogP contribution in [0.25, 0.3) is 5.69 Å². The lowest BCUT2D eigenvalue weighted by Gasteiger charge is -2.14. The normalized spacial score (nSPS) is 12.0. The van der Waals surface area contributed by atoms with E-state index in [1.54, 1.807) is 31.5 Å². The molecule has 1 N–H and O–H groups in total. The molecule has 1 heterocycles. The Bertz CT molecular complexity index is 924. The Morgan fingerprint density at radius 2 is 1.85 bits per heavy atom. The zero-order valence-electron chi connectivity index (χ0n) is 14.1. The molecule has 5 nitrogen and oxygen atoms in total. The maximum atomic E-state index is 12.6. The first kappa shape index (κ1) is 18.8. The molecule has 0 aliphatic carbocycles. The van der Waals surface area contributed by atoms with E-state index in [2.05, 4.69) is 15.5 Å². The van der Waals surface area contributed by atoms with E-state index in [1.807, 2.05) is 35.8 Å². The van der Waals surface area contributed by atoms with Crippen molar-refractivity contribution in [3.63, 3.8) is 0 Å². The lowest BCUT2D eigenvalue weighted by atomic mass is 10.2. The molecule has 0 saturated heterocycles. The molecule has 0 spiro atoms. The van der Waals surface area contributed by atoms with Crippen molar-refractivity contribution in [3.8, 4) is 5.69 Å². The highest BCUT2D eigenvalue weighted by atomic mass is 35.5. The molecule has 26 heavy (non-hydrogen) atoms. The van der Waals surface area contributed by atoms with Crippen LogP contribution in [0.5, 0.6) is 0 Å². The summed E-state index contributed by atoms with van der Waals surface area (Å²) >= 11 is 13.5. The minimum Gasteiger partial charge on any atom is -0.323 e. The third kappa shape index (κ3) is 4.03. The number of nitrogens with one attached hydrogen (secondary N) is 1. The van der Waals surface area contributed by atoms with Crippen LogP contribution in [0.3, 0.4) is 0 Å². The number of rotatable bonds is 5. The number of para-hydroxylation sites is 2. The molecule has 8 heteroatoms. The predicted octanol–water partition coefficient (Wildman–Crippen LogP) is 5.00. The smallest absolute Gasteiger partial charge is 0.237 e. The summed E-state index contributed by atoms with van der Waals surface area (Å²) in [5.74, 6) is -0.218. The van der Waals surface area contributed by atoms with Gasteiger partial charge in [0.05, 0.1) is 26.7 Å². The van der Waals surface area contributed by atoms with Gasteiger partial charge in [0, 0.05) is 0 Å². The molecule has 3 rings (SSSR count). The molecule has 0 aliphatic rings. The lowest BCUT2D eigenvalue weighted by molar-refractivity contribution is -0.115. The lowest BCUT2D eigenvalue weighted by Crippen LogP contribution is -2.23. The van der Waals surface area contributed by atoms with E-state index in [0.717, 1.165) is 11.3 Å². The van der Waals surface area contributed by atoms with Crippen molar-refractivity contribution >= 4 is 46.6 Å². The zero-order valence-corrected chi connectivity index (χ0v) is 16.4. The Labute approximate surface area is 165 Å². The average molecular weight is 407 g/mol. The van der Waals surface area contributed by atoms with Crippen LogP contribution in [-0.4, -0.2) is 25.9 Å². The molecule has 1 amide bonds. The van der Waals surface area contributed by atoms with Gasteiger partial charge in [-0.25, -0.2) is 0 Å². The fourth-order valence-electron chi connectivity index (χ4n) is 2.36. The summed E-state index contributed by atoms with van der Waals surface area (Å²) in [6, 6.07) is 13.0. The van der Waals surface area contributed by atoms with Crippen LogP contribution in [0.15, 0.2) is 53.9 Å². The second kappa shape index (κ2) is 8.12. The molecule has 3 aromatic rings. The molecule has 0 bridgehead atoms. The molecule has 0 aliphatic heterocycles. The van der Waals surface area contributed by atoms with E-state index in [-0.39, 0.29) is 5.91 Å². The Balaban J connectivity index is 1.77. The first-order chi connectivity index (χ1) is 12.5. The number of benzene rings is 2. The number of carbonyl (C=O) groups is 1. The summed E-state index contributed by atoms with van der Waals surface area (Å²) in [4.78, 5) is 12.6. The van der Waals surface area contributed by atoms with Crippen molar-refractivity contribution in [1.29, 1.82) is 0 Å². The maximum Gasteiger partial charge on any atom is 0.237 e. The van der Waals surface area contributed by atoms with Crippen LogP contribution in [0, 0.1) is 6.92 Å². The number of hydrogen-bond acceptors (Lipinski definition) is 4. The van der Waals surface area contributed by atoms with E-state index in [9.17, 15) is 4.79 Å². The monoisotopic (exact) mass is 406 g/mol. The number of aromatic nitrogens is 3. The van der Waals surface area contributed by atoms with Gasteiger partial charge in [-0.1, -0.05) is 59.2 Å². The van der Waals surface area contributed by atoms with Gasteiger partial charge in [-0.15, -0.1) is 10.2 Å². The van der Waals surface area contributed by atoms with Gasteiger partial charge in [-0.05, 0) is 37.6 Å². The van der Waals surface area contributed by atoms with Crippen LogP contribution in [0.4, 0.5) is 5.69 Å². The zero-order chi connectivity index (χ0) is 18.7. The first-order valence-corrected chi connectivity index (χ1v) is 9.48. The van der Waals surface area contributed by atoms with Gasteiger partial charge in [0.2, 0.25) is 5.91 Å². The van der Waals surface area contributed by atoms with E-state index < -0.39 is 5.25 Å². The molecule has 0 saturated carbocycles. The van der Waals surface area contributed by atoms with E-state index in [4.69, 9.17) is 23.2 Å². The highest BCUT2D eigenvalue weighted by Crippen LogP contribution is 2.31. The minimum atomic E-state index is -0.422. The summed E-state index contributed by atoms with van der Waals surface area (Å²) < 4.78 is 1.87. The van der Waals surface area contributed by atoms with Gasteiger partial charge >= 0.3 is 0 Å². The standard InChI is InChI=1S/C18H16Cl2N4OS/c1-11-6-3-4-9-15(11)24-10-21-23-18(24)26-12(2)17(25)22-16-13(19)7-5-8-14(16)20/h3-10,12H,1-2H3,(H,22,25). The molecule has 0 radical (unpaired) electrons. The quantitative estimate of drug-likeness (QED) is 0.605. The third-order valence-corrected chi connectivity index (χ3v) is 5.44. The first-order valence-electron chi connectivity index (χ1n) is 7.85. The van der Waals surface area contributed by atoms with E-state index in [0.29, 0.717) is 20.9 Å². The summed E-state index contributed by atoms with van der Waals surface area (Å²) in [5.41, 5.74) is 2.48. The van der Waals surface area contributed by atoms with Gasteiger partial charge in [0.1, 0.15) is 6.33 Å². The van der Waals surface area contributed by atoms with Gasteiger partial charge in [-0.3, -0.25) is 9.36 Å². The molecule has 1 atom stereocenters. The number of halogens is 2. The van der Waals surface area contributed by atoms with Crippen molar-refractivity contribution < 1.29 is 4.79 Å². The number of anilines is 1. The van der Waals surface area contributed by atoms with E-state index >= 15 is 0 Å².